The standard InChI is InChI=1S/C20H20BrFN4O4/c1-2-25-17(9-6-12-4-3-5-14(27)10-12)18(28)26(20(25)30)24-19(29)23-16-8-7-13(21)11-15(16)22/h3-5,7-8,10-11,17,27H,2,6,9H2,1H3,(H2,23,24,29). The molecule has 2 aromatic rings. The Morgan fingerprint density at radius 3 is 2.67 bits per heavy atom. The van der Waals surface area contributed by atoms with Crippen LogP contribution in [0.4, 0.5) is 19.7 Å². The second kappa shape index (κ2) is 9.12. The van der Waals surface area contributed by atoms with E-state index in [1.54, 1.807) is 31.2 Å². The molecule has 2 aromatic carbocycles. The molecule has 0 aromatic heterocycles. The van der Waals surface area contributed by atoms with Crippen molar-refractivity contribution in [2.45, 2.75) is 25.8 Å². The molecule has 1 aliphatic rings. The third-order valence-corrected chi connectivity index (χ3v) is 5.16. The van der Waals surface area contributed by atoms with E-state index < -0.39 is 29.8 Å². The largest absolute Gasteiger partial charge is 0.508 e. The number of phenolic OH excluding ortho intramolecular Hbond substituents is 1. The maximum atomic E-state index is 13.9. The molecule has 0 spiro atoms. The molecular formula is C20H20BrFN4O4. The van der Waals surface area contributed by atoms with Gasteiger partial charge in [0, 0.05) is 11.0 Å². The van der Waals surface area contributed by atoms with Crippen molar-refractivity contribution in [2.24, 2.45) is 0 Å². The van der Waals surface area contributed by atoms with Crippen LogP contribution >= 0.6 is 15.9 Å². The molecular weight excluding hydrogens is 459 g/mol. The summed E-state index contributed by atoms with van der Waals surface area (Å²) in [6, 6.07) is 8.39. The van der Waals surface area contributed by atoms with Crippen molar-refractivity contribution in [3.63, 3.8) is 0 Å². The molecule has 158 valence electrons. The number of nitrogens with one attached hydrogen (secondary N) is 2. The average Bonchev–Trinajstić information content (AvgIpc) is 2.92. The monoisotopic (exact) mass is 478 g/mol. The van der Waals surface area contributed by atoms with Crippen molar-refractivity contribution in [2.75, 3.05) is 11.9 Å². The van der Waals surface area contributed by atoms with Crippen LogP contribution in [0.3, 0.4) is 0 Å². The number of phenols is 1. The predicted molar refractivity (Wildman–Crippen MR) is 111 cm³/mol. The Morgan fingerprint density at radius 2 is 2.00 bits per heavy atom. The number of halogens is 2. The second-order valence-corrected chi connectivity index (χ2v) is 7.57. The number of aromatic hydroxyl groups is 1. The van der Waals surface area contributed by atoms with Gasteiger partial charge in [0.1, 0.15) is 17.6 Å². The van der Waals surface area contributed by atoms with Crippen molar-refractivity contribution in [1.82, 2.24) is 15.3 Å². The number of likely N-dealkylation sites (N-methyl/N-ethyl adjacent to an activating group) is 1. The van der Waals surface area contributed by atoms with Crippen LogP contribution in [0, 0.1) is 5.82 Å². The highest BCUT2D eigenvalue weighted by atomic mass is 79.9. The van der Waals surface area contributed by atoms with E-state index in [0.717, 1.165) is 5.56 Å². The molecule has 0 saturated carbocycles. The fraction of sp³-hybridized carbons (Fsp3) is 0.250. The first-order chi connectivity index (χ1) is 14.3. The number of hydrogen-bond donors (Lipinski definition) is 3. The van der Waals surface area contributed by atoms with Crippen LogP contribution in [-0.2, 0) is 11.2 Å². The van der Waals surface area contributed by atoms with Crippen LogP contribution in [0.15, 0.2) is 46.9 Å². The van der Waals surface area contributed by atoms with Crippen molar-refractivity contribution in [3.8, 4) is 5.75 Å². The van der Waals surface area contributed by atoms with Gasteiger partial charge in [-0.05, 0) is 55.7 Å². The topological polar surface area (TPSA) is 102 Å². The van der Waals surface area contributed by atoms with E-state index in [2.05, 4.69) is 26.7 Å². The Hall–Kier alpha value is -3.14. The van der Waals surface area contributed by atoms with Gasteiger partial charge in [-0.25, -0.2) is 19.4 Å². The fourth-order valence-electron chi connectivity index (χ4n) is 3.23. The zero-order chi connectivity index (χ0) is 21.8. The molecule has 1 saturated heterocycles. The summed E-state index contributed by atoms with van der Waals surface area (Å²) in [5.74, 6) is -1.12. The van der Waals surface area contributed by atoms with Gasteiger partial charge in [-0.2, -0.15) is 5.01 Å². The Kier molecular flexibility index (Phi) is 6.56. The lowest BCUT2D eigenvalue weighted by Gasteiger charge is -2.19. The van der Waals surface area contributed by atoms with Gasteiger partial charge in [-0.1, -0.05) is 28.1 Å². The zero-order valence-corrected chi connectivity index (χ0v) is 17.6. The lowest BCUT2D eigenvalue weighted by atomic mass is 10.0. The van der Waals surface area contributed by atoms with Gasteiger partial charge in [-0.3, -0.25) is 4.79 Å². The summed E-state index contributed by atoms with van der Waals surface area (Å²) in [7, 11) is 0. The van der Waals surface area contributed by atoms with Crippen molar-refractivity contribution in [3.05, 3.63) is 58.3 Å². The van der Waals surface area contributed by atoms with Gasteiger partial charge in [0.05, 0.1) is 5.69 Å². The SMILES string of the molecule is CCN1C(=O)N(NC(=O)Nc2ccc(Br)cc2F)C(=O)C1CCc1cccc(O)c1. The van der Waals surface area contributed by atoms with Crippen LogP contribution in [0.2, 0.25) is 0 Å². The van der Waals surface area contributed by atoms with Gasteiger partial charge < -0.3 is 15.3 Å². The third-order valence-electron chi connectivity index (χ3n) is 4.67. The van der Waals surface area contributed by atoms with E-state index in [1.807, 2.05) is 6.07 Å². The summed E-state index contributed by atoms with van der Waals surface area (Å²) in [4.78, 5) is 38.9. The van der Waals surface area contributed by atoms with Crippen LogP contribution in [0.25, 0.3) is 0 Å². The number of rotatable bonds is 6. The molecule has 30 heavy (non-hydrogen) atoms. The highest BCUT2D eigenvalue weighted by Crippen LogP contribution is 2.22. The molecule has 1 aliphatic heterocycles. The van der Waals surface area contributed by atoms with E-state index >= 15 is 0 Å². The van der Waals surface area contributed by atoms with Gasteiger partial charge in [0.15, 0.2) is 0 Å². The van der Waals surface area contributed by atoms with Crippen molar-refractivity contribution >= 4 is 39.6 Å². The van der Waals surface area contributed by atoms with Gasteiger partial charge >= 0.3 is 12.1 Å². The first-order valence-electron chi connectivity index (χ1n) is 9.25. The average molecular weight is 479 g/mol. The summed E-state index contributed by atoms with van der Waals surface area (Å²) in [6.45, 7) is 2.00. The van der Waals surface area contributed by atoms with E-state index in [4.69, 9.17) is 0 Å². The molecule has 1 heterocycles. The minimum Gasteiger partial charge on any atom is -0.508 e. The number of hydrogen-bond acceptors (Lipinski definition) is 4. The summed E-state index contributed by atoms with van der Waals surface area (Å²) in [5, 5.41) is 12.5. The molecule has 8 nitrogen and oxygen atoms in total. The zero-order valence-electron chi connectivity index (χ0n) is 16.1. The first-order valence-corrected chi connectivity index (χ1v) is 10.0. The normalized spacial score (nSPS) is 16.2. The molecule has 1 atom stereocenters. The minimum atomic E-state index is -0.914. The van der Waals surface area contributed by atoms with E-state index in [-0.39, 0.29) is 18.0 Å². The maximum absolute atomic E-state index is 13.9. The maximum Gasteiger partial charge on any atom is 0.346 e. The number of amides is 5. The second-order valence-electron chi connectivity index (χ2n) is 6.66. The minimum absolute atomic E-state index is 0.0948. The summed E-state index contributed by atoms with van der Waals surface area (Å²) >= 11 is 3.12. The lowest BCUT2D eigenvalue weighted by Crippen LogP contribution is -2.48. The molecule has 1 unspecified atom stereocenters. The quantitative estimate of drug-likeness (QED) is 0.551. The molecule has 1 fully saturated rings. The highest BCUT2D eigenvalue weighted by Gasteiger charge is 2.45. The number of urea groups is 2. The van der Waals surface area contributed by atoms with Crippen LogP contribution in [0.1, 0.15) is 18.9 Å². The number of imide groups is 1. The van der Waals surface area contributed by atoms with Crippen molar-refractivity contribution in [1.29, 1.82) is 0 Å². The van der Waals surface area contributed by atoms with Crippen LogP contribution in [0.5, 0.6) is 5.75 Å². The number of benzene rings is 2. The molecule has 3 rings (SSSR count). The summed E-state index contributed by atoms with van der Waals surface area (Å²) < 4.78 is 14.4. The predicted octanol–water partition coefficient (Wildman–Crippen LogP) is 3.62. The van der Waals surface area contributed by atoms with Gasteiger partial charge in [-0.15, -0.1) is 0 Å². The molecule has 10 heteroatoms. The molecule has 5 amide bonds. The molecule has 0 aliphatic carbocycles. The fourth-order valence-corrected chi connectivity index (χ4v) is 3.57. The van der Waals surface area contributed by atoms with Crippen LogP contribution in [-0.4, -0.2) is 45.6 Å². The Labute approximate surface area is 180 Å². The first kappa shape index (κ1) is 21.6. The summed E-state index contributed by atoms with van der Waals surface area (Å²) in [5.41, 5.74) is 2.92. The molecule has 0 radical (unpaired) electrons. The number of carbonyl (C=O) groups excluding carboxylic acids is 3. The summed E-state index contributed by atoms with van der Waals surface area (Å²) in [6.07, 6.45) is 0.779. The van der Waals surface area contributed by atoms with Gasteiger partial charge in [0.2, 0.25) is 0 Å². The Morgan fingerprint density at radius 1 is 1.23 bits per heavy atom. The van der Waals surface area contributed by atoms with E-state index in [0.29, 0.717) is 22.3 Å². The van der Waals surface area contributed by atoms with E-state index in [1.165, 1.54) is 17.0 Å². The number of nitrogens with zero attached hydrogens (tertiary/aromatic N) is 2. The van der Waals surface area contributed by atoms with Crippen LogP contribution < -0.4 is 10.7 Å². The number of anilines is 1. The highest BCUT2D eigenvalue weighted by molar-refractivity contribution is 9.10. The smallest absolute Gasteiger partial charge is 0.346 e. The van der Waals surface area contributed by atoms with Crippen molar-refractivity contribution < 1.29 is 23.9 Å². The number of hydrazine groups is 1. The lowest BCUT2D eigenvalue weighted by molar-refractivity contribution is -0.129. The van der Waals surface area contributed by atoms with Gasteiger partial charge in [0.25, 0.3) is 5.91 Å². The number of aryl methyl sites for hydroxylation is 1. The Bertz CT molecular complexity index is 987. The van der Waals surface area contributed by atoms with E-state index in [9.17, 15) is 23.9 Å². The Balaban J connectivity index is 1.67. The third kappa shape index (κ3) is 4.70. The molecule has 0 bridgehead atoms. The molecule has 3 N–H and O–H groups in total. The number of carbonyl (C=O) groups is 3.